The molecule has 1 saturated heterocycles. The van der Waals surface area contributed by atoms with Crippen molar-refractivity contribution in [3.63, 3.8) is 0 Å². The van der Waals surface area contributed by atoms with Gasteiger partial charge >= 0.3 is 0 Å². The monoisotopic (exact) mass is 221 g/mol. The Kier molecular flexibility index (Phi) is 3.23. The van der Waals surface area contributed by atoms with Crippen molar-refractivity contribution in [1.82, 2.24) is 9.80 Å². The van der Waals surface area contributed by atoms with Crippen LogP contribution in [0.3, 0.4) is 0 Å². The first-order valence-corrected chi connectivity index (χ1v) is 6.38. The highest BCUT2D eigenvalue weighted by Gasteiger charge is 2.44. The van der Waals surface area contributed by atoms with Crippen molar-refractivity contribution in [3.05, 3.63) is 0 Å². The van der Waals surface area contributed by atoms with E-state index in [1.54, 1.807) is 0 Å². The molecule has 0 N–H and O–H groups in total. The van der Waals surface area contributed by atoms with Crippen molar-refractivity contribution in [1.29, 1.82) is 5.26 Å². The van der Waals surface area contributed by atoms with Gasteiger partial charge in [-0.25, -0.2) is 0 Å². The maximum absolute atomic E-state index is 8.99. The van der Waals surface area contributed by atoms with Crippen LogP contribution in [0.4, 0.5) is 0 Å². The molecule has 0 aromatic carbocycles. The Balaban J connectivity index is 2.19. The van der Waals surface area contributed by atoms with Crippen LogP contribution in [0, 0.1) is 11.3 Å². The first-order chi connectivity index (χ1) is 7.54. The van der Waals surface area contributed by atoms with Gasteiger partial charge in [0.25, 0.3) is 0 Å². The Morgan fingerprint density at radius 1 is 1.38 bits per heavy atom. The summed E-state index contributed by atoms with van der Waals surface area (Å²) in [6.45, 7) is 6.88. The minimum atomic E-state index is 0.257. The van der Waals surface area contributed by atoms with E-state index in [4.69, 9.17) is 5.26 Å². The van der Waals surface area contributed by atoms with Crippen molar-refractivity contribution >= 4 is 0 Å². The summed E-state index contributed by atoms with van der Waals surface area (Å²) in [6, 6.07) is 3.55. The van der Waals surface area contributed by atoms with E-state index in [0.717, 1.165) is 19.1 Å². The third-order valence-electron chi connectivity index (χ3n) is 3.99. The van der Waals surface area contributed by atoms with E-state index in [-0.39, 0.29) is 5.54 Å². The molecule has 0 radical (unpaired) electrons. The second-order valence-electron chi connectivity index (χ2n) is 5.98. The fraction of sp³-hybridized carbons (Fsp3) is 0.923. The van der Waals surface area contributed by atoms with E-state index in [0.29, 0.717) is 12.5 Å². The quantitative estimate of drug-likeness (QED) is 0.713. The predicted octanol–water partition coefficient (Wildman–Crippen LogP) is 1.85. The van der Waals surface area contributed by atoms with Gasteiger partial charge in [-0.15, -0.1) is 0 Å². The van der Waals surface area contributed by atoms with Gasteiger partial charge in [0, 0.05) is 24.2 Å². The van der Waals surface area contributed by atoms with E-state index in [1.165, 1.54) is 19.3 Å². The summed E-state index contributed by atoms with van der Waals surface area (Å²) in [5.74, 6) is 0. The number of hydrogen-bond donors (Lipinski definition) is 0. The molecule has 3 heteroatoms. The van der Waals surface area contributed by atoms with Crippen molar-refractivity contribution in [3.8, 4) is 6.07 Å². The molecule has 0 bridgehead atoms. The van der Waals surface area contributed by atoms with Gasteiger partial charge in [-0.3, -0.25) is 4.90 Å². The van der Waals surface area contributed by atoms with Crippen molar-refractivity contribution < 1.29 is 0 Å². The molecule has 2 fully saturated rings. The first-order valence-electron chi connectivity index (χ1n) is 6.38. The molecule has 2 aliphatic rings. The molecule has 1 heterocycles. The van der Waals surface area contributed by atoms with Gasteiger partial charge < -0.3 is 4.90 Å². The topological polar surface area (TPSA) is 30.3 Å². The standard InChI is InChI=1S/C13H23N3/c1-13(2)7-9-15(3)10-12(6-8-14)16(13)11-4-5-11/h11-12H,4-7,9-10H2,1-3H3. The highest BCUT2D eigenvalue weighted by Crippen LogP contribution is 2.38. The second-order valence-corrected chi connectivity index (χ2v) is 5.98. The summed E-state index contributed by atoms with van der Waals surface area (Å²) >= 11 is 0. The molecular formula is C13H23N3. The van der Waals surface area contributed by atoms with Gasteiger partial charge in [0.15, 0.2) is 0 Å². The van der Waals surface area contributed by atoms with Gasteiger partial charge in [-0.05, 0) is 46.7 Å². The van der Waals surface area contributed by atoms with E-state index in [2.05, 4.69) is 36.8 Å². The number of nitrogens with zero attached hydrogens (tertiary/aromatic N) is 3. The Bertz CT molecular complexity index is 288. The van der Waals surface area contributed by atoms with E-state index in [1.807, 2.05) is 0 Å². The third kappa shape index (κ3) is 2.39. The lowest BCUT2D eigenvalue weighted by Crippen LogP contribution is -2.51. The van der Waals surface area contributed by atoms with Crippen LogP contribution in [0.1, 0.15) is 39.5 Å². The lowest BCUT2D eigenvalue weighted by molar-refractivity contribution is 0.0679. The minimum absolute atomic E-state index is 0.257. The first kappa shape index (κ1) is 11.9. The normalized spacial score (nSPS) is 32.0. The summed E-state index contributed by atoms with van der Waals surface area (Å²) < 4.78 is 0. The van der Waals surface area contributed by atoms with Crippen LogP contribution >= 0.6 is 0 Å². The average molecular weight is 221 g/mol. The molecule has 0 aromatic rings. The smallest absolute Gasteiger partial charge is 0.0638 e. The van der Waals surface area contributed by atoms with Crippen LogP contribution in [0.25, 0.3) is 0 Å². The molecule has 0 aromatic heterocycles. The van der Waals surface area contributed by atoms with Crippen molar-refractivity contribution in [2.75, 3.05) is 20.1 Å². The predicted molar refractivity (Wildman–Crippen MR) is 65.1 cm³/mol. The van der Waals surface area contributed by atoms with E-state index >= 15 is 0 Å². The van der Waals surface area contributed by atoms with Crippen LogP contribution in [0.2, 0.25) is 0 Å². The van der Waals surface area contributed by atoms with E-state index in [9.17, 15) is 0 Å². The fourth-order valence-corrected chi connectivity index (χ4v) is 3.04. The second kappa shape index (κ2) is 4.35. The fourth-order valence-electron chi connectivity index (χ4n) is 3.04. The zero-order valence-corrected chi connectivity index (χ0v) is 10.7. The van der Waals surface area contributed by atoms with Crippen LogP contribution in [0.15, 0.2) is 0 Å². The summed E-state index contributed by atoms with van der Waals surface area (Å²) in [5, 5.41) is 8.99. The molecule has 1 aliphatic heterocycles. The van der Waals surface area contributed by atoms with Crippen molar-refractivity contribution in [2.45, 2.75) is 57.2 Å². The van der Waals surface area contributed by atoms with Gasteiger partial charge in [0.2, 0.25) is 0 Å². The minimum Gasteiger partial charge on any atom is -0.305 e. The molecule has 0 amide bonds. The number of likely N-dealkylation sites (N-methyl/N-ethyl adjacent to an activating group) is 1. The number of rotatable bonds is 2. The van der Waals surface area contributed by atoms with Gasteiger partial charge in [0.1, 0.15) is 0 Å². The molecule has 16 heavy (non-hydrogen) atoms. The lowest BCUT2D eigenvalue weighted by Gasteiger charge is -2.41. The zero-order valence-electron chi connectivity index (χ0n) is 10.7. The molecule has 1 saturated carbocycles. The maximum atomic E-state index is 8.99. The van der Waals surface area contributed by atoms with Gasteiger partial charge in [0.05, 0.1) is 12.5 Å². The Morgan fingerprint density at radius 2 is 2.06 bits per heavy atom. The molecule has 1 unspecified atom stereocenters. The largest absolute Gasteiger partial charge is 0.305 e. The number of hydrogen-bond acceptors (Lipinski definition) is 3. The van der Waals surface area contributed by atoms with Crippen LogP contribution in [0.5, 0.6) is 0 Å². The Morgan fingerprint density at radius 3 is 2.62 bits per heavy atom. The molecule has 90 valence electrons. The van der Waals surface area contributed by atoms with Crippen LogP contribution < -0.4 is 0 Å². The zero-order chi connectivity index (χ0) is 11.8. The highest BCUT2D eigenvalue weighted by molar-refractivity contribution is 5.01. The molecule has 1 atom stereocenters. The van der Waals surface area contributed by atoms with Crippen LogP contribution in [-0.2, 0) is 0 Å². The molecule has 1 aliphatic carbocycles. The van der Waals surface area contributed by atoms with Crippen molar-refractivity contribution in [2.24, 2.45) is 0 Å². The Hall–Kier alpha value is -0.590. The molecule has 0 spiro atoms. The summed E-state index contributed by atoms with van der Waals surface area (Å²) in [6.07, 6.45) is 4.54. The third-order valence-corrected chi connectivity index (χ3v) is 3.99. The van der Waals surface area contributed by atoms with Gasteiger partial charge in [-0.2, -0.15) is 5.26 Å². The molecule has 2 rings (SSSR count). The maximum Gasteiger partial charge on any atom is 0.0638 e. The lowest BCUT2D eigenvalue weighted by atomic mass is 9.96. The summed E-state index contributed by atoms with van der Waals surface area (Å²) in [4.78, 5) is 5.02. The van der Waals surface area contributed by atoms with Gasteiger partial charge in [-0.1, -0.05) is 0 Å². The van der Waals surface area contributed by atoms with Crippen LogP contribution in [-0.4, -0.2) is 47.6 Å². The Labute approximate surface area is 99.0 Å². The SMILES string of the molecule is CN1CCC(C)(C)N(C2CC2)C(CC#N)C1. The summed E-state index contributed by atoms with van der Waals surface area (Å²) in [7, 11) is 2.18. The van der Waals surface area contributed by atoms with E-state index < -0.39 is 0 Å². The number of nitriles is 1. The average Bonchev–Trinajstić information content (AvgIpc) is 2.98. The highest BCUT2D eigenvalue weighted by atomic mass is 15.3. The summed E-state index contributed by atoms with van der Waals surface area (Å²) in [5.41, 5.74) is 0.257. The molecular weight excluding hydrogens is 198 g/mol. The molecule has 3 nitrogen and oxygen atoms in total.